The standard InChI is InChI=1S/C19H25N3O4/c1-3-4-5-17(23)21-8-10-22(11-9-21)19(25)14-6-7-16-15(12-14)20(2)18(24)13-26-16/h6-7,12H,3-5,8-11,13H2,1-2H3. The molecule has 0 aromatic heterocycles. The predicted molar refractivity (Wildman–Crippen MR) is 97.4 cm³/mol. The number of amides is 3. The molecule has 0 bridgehead atoms. The number of carbonyl (C=O) groups excluding carboxylic acids is 3. The molecule has 1 aromatic rings. The molecule has 1 saturated heterocycles. The van der Waals surface area contributed by atoms with Gasteiger partial charge in [0.1, 0.15) is 5.75 Å². The summed E-state index contributed by atoms with van der Waals surface area (Å²) in [5.74, 6) is 0.557. The van der Waals surface area contributed by atoms with Crippen LogP contribution in [0.5, 0.6) is 5.75 Å². The molecule has 0 spiro atoms. The summed E-state index contributed by atoms with van der Waals surface area (Å²) in [5.41, 5.74) is 1.14. The predicted octanol–water partition coefficient (Wildman–Crippen LogP) is 1.52. The lowest BCUT2D eigenvalue weighted by molar-refractivity contribution is -0.132. The number of piperazine rings is 1. The van der Waals surface area contributed by atoms with Crippen molar-refractivity contribution < 1.29 is 19.1 Å². The van der Waals surface area contributed by atoms with E-state index in [0.717, 1.165) is 12.8 Å². The molecule has 0 saturated carbocycles. The van der Waals surface area contributed by atoms with Gasteiger partial charge in [-0.15, -0.1) is 0 Å². The number of fused-ring (bicyclic) bond motifs is 1. The fraction of sp³-hybridized carbons (Fsp3) is 0.526. The number of likely N-dealkylation sites (N-methyl/N-ethyl adjacent to an activating group) is 1. The number of nitrogens with zero attached hydrogens (tertiary/aromatic N) is 3. The van der Waals surface area contributed by atoms with E-state index in [0.29, 0.717) is 49.6 Å². The SMILES string of the molecule is CCCCC(=O)N1CCN(C(=O)c2ccc3c(c2)N(C)C(=O)CO3)CC1. The van der Waals surface area contributed by atoms with Gasteiger partial charge in [0.15, 0.2) is 6.61 Å². The van der Waals surface area contributed by atoms with Gasteiger partial charge in [0.05, 0.1) is 5.69 Å². The van der Waals surface area contributed by atoms with Gasteiger partial charge in [-0.1, -0.05) is 13.3 Å². The van der Waals surface area contributed by atoms with Crippen molar-refractivity contribution in [2.24, 2.45) is 0 Å². The molecule has 1 fully saturated rings. The molecule has 140 valence electrons. The first-order valence-corrected chi connectivity index (χ1v) is 9.11. The highest BCUT2D eigenvalue weighted by Crippen LogP contribution is 2.32. The Bertz CT molecular complexity index is 711. The molecule has 0 unspecified atom stereocenters. The number of anilines is 1. The smallest absolute Gasteiger partial charge is 0.264 e. The molecule has 7 nitrogen and oxygen atoms in total. The Labute approximate surface area is 153 Å². The third kappa shape index (κ3) is 3.66. The minimum atomic E-state index is -0.138. The molecule has 3 amide bonds. The molecule has 26 heavy (non-hydrogen) atoms. The van der Waals surface area contributed by atoms with E-state index >= 15 is 0 Å². The molecule has 2 aliphatic rings. The van der Waals surface area contributed by atoms with Crippen LogP contribution in [0.15, 0.2) is 18.2 Å². The second-order valence-electron chi connectivity index (χ2n) is 6.70. The Morgan fingerprint density at radius 1 is 1.12 bits per heavy atom. The summed E-state index contributed by atoms with van der Waals surface area (Å²) >= 11 is 0. The van der Waals surface area contributed by atoms with Gasteiger partial charge in [-0.2, -0.15) is 0 Å². The first-order valence-electron chi connectivity index (χ1n) is 9.11. The van der Waals surface area contributed by atoms with Gasteiger partial charge in [-0.05, 0) is 24.6 Å². The highest BCUT2D eigenvalue weighted by atomic mass is 16.5. The molecule has 3 rings (SSSR count). The van der Waals surface area contributed by atoms with Crippen LogP contribution in [-0.2, 0) is 9.59 Å². The van der Waals surface area contributed by atoms with E-state index in [1.807, 2.05) is 4.90 Å². The fourth-order valence-corrected chi connectivity index (χ4v) is 3.23. The lowest BCUT2D eigenvalue weighted by Gasteiger charge is -2.35. The maximum Gasteiger partial charge on any atom is 0.264 e. The van der Waals surface area contributed by atoms with E-state index in [1.54, 1.807) is 30.1 Å². The molecule has 0 aliphatic carbocycles. The Morgan fingerprint density at radius 3 is 2.50 bits per heavy atom. The van der Waals surface area contributed by atoms with E-state index in [1.165, 1.54) is 4.90 Å². The Balaban J connectivity index is 1.64. The van der Waals surface area contributed by atoms with Crippen molar-refractivity contribution in [1.29, 1.82) is 0 Å². The van der Waals surface area contributed by atoms with Crippen molar-refractivity contribution in [3.05, 3.63) is 23.8 Å². The van der Waals surface area contributed by atoms with Crippen LogP contribution in [0.2, 0.25) is 0 Å². The topological polar surface area (TPSA) is 70.2 Å². The van der Waals surface area contributed by atoms with Gasteiger partial charge in [-0.3, -0.25) is 14.4 Å². The number of carbonyl (C=O) groups is 3. The largest absolute Gasteiger partial charge is 0.482 e. The summed E-state index contributed by atoms with van der Waals surface area (Å²) in [5, 5.41) is 0. The normalized spacial score (nSPS) is 17.0. The lowest BCUT2D eigenvalue weighted by atomic mass is 10.1. The first kappa shape index (κ1) is 18.2. The van der Waals surface area contributed by atoms with Crippen LogP contribution in [0.4, 0.5) is 5.69 Å². The Hall–Kier alpha value is -2.57. The van der Waals surface area contributed by atoms with Gasteiger partial charge in [-0.25, -0.2) is 0 Å². The highest BCUT2D eigenvalue weighted by molar-refractivity contribution is 6.01. The maximum absolute atomic E-state index is 12.8. The average molecular weight is 359 g/mol. The first-order chi connectivity index (χ1) is 12.5. The monoisotopic (exact) mass is 359 g/mol. The van der Waals surface area contributed by atoms with E-state index in [2.05, 4.69) is 6.92 Å². The molecule has 2 heterocycles. The van der Waals surface area contributed by atoms with Crippen molar-refractivity contribution in [3.63, 3.8) is 0 Å². The number of benzene rings is 1. The fourth-order valence-electron chi connectivity index (χ4n) is 3.23. The van der Waals surface area contributed by atoms with Crippen LogP contribution in [-0.4, -0.2) is 67.4 Å². The highest BCUT2D eigenvalue weighted by Gasteiger charge is 2.27. The number of hydrogen-bond acceptors (Lipinski definition) is 4. The minimum absolute atomic E-state index is 0.0187. The number of unbranched alkanes of at least 4 members (excludes halogenated alkanes) is 1. The van der Waals surface area contributed by atoms with Gasteiger partial charge in [0, 0.05) is 45.2 Å². The van der Waals surface area contributed by atoms with Crippen LogP contribution in [0.1, 0.15) is 36.5 Å². The van der Waals surface area contributed by atoms with E-state index in [4.69, 9.17) is 4.74 Å². The van der Waals surface area contributed by atoms with Crippen LogP contribution in [0.3, 0.4) is 0 Å². The van der Waals surface area contributed by atoms with Crippen molar-refractivity contribution in [3.8, 4) is 5.75 Å². The molecular weight excluding hydrogens is 334 g/mol. The zero-order chi connectivity index (χ0) is 18.7. The van der Waals surface area contributed by atoms with Crippen molar-refractivity contribution in [2.45, 2.75) is 26.2 Å². The van der Waals surface area contributed by atoms with Crippen LogP contribution in [0, 0.1) is 0 Å². The summed E-state index contributed by atoms with van der Waals surface area (Å²) in [6.45, 7) is 4.28. The third-order valence-electron chi connectivity index (χ3n) is 4.96. The van der Waals surface area contributed by atoms with Gasteiger partial charge < -0.3 is 19.4 Å². The van der Waals surface area contributed by atoms with E-state index < -0.39 is 0 Å². The van der Waals surface area contributed by atoms with Crippen LogP contribution < -0.4 is 9.64 Å². The van der Waals surface area contributed by atoms with Crippen LogP contribution >= 0.6 is 0 Å². The van der Waals surface area contributed by atoms with Crippen molar-refractivity contribution in [2.75, 3.05) is 44.7 Å². The summed E-state index contributed by atoms with van der Waals surface area (Å²) < 4.78 is 5.40. The second kappa shape index (κ2) is 7.76. The van der Waals surface area contributed by atoms with Gasteiger partial charge >= 0.3 is 0 Å². The molecule has 7 heteroatoms. The summed E-state index contributed by atoms with van der Waals surface area (Å²) in [4.78, 5) is 41.8. The maximum atomic E-state index is 12.8. The van der Waals surface area contributed by atoms with Gasteiger partial charge in [0.2, 0.25) is 5.91 Å². The number of rotatable bonds is 4. The third-order valence-corrected chi connectivity index (χ3v) is 4.96. The molecule has 1 aromatic carbocycles. The summed E-state index contributed by atoms with van der Waals surface area (Å²) in [7, 11) is 1.68. The lowest BCUT2D eigenvalue weighted by Crippen LogP contribution is -2.50. The van der Waals surface area contributed by atoms with E-state index in [9.17, 15) is 14.4 Å². The Morgan fingerprint density at radius 2 is 1.81 bits per heavy atom. The average Bonchev–Trinajstić information content (AvgIpc) is 2.68. The minimum Gasteiger partial charge on any atom is -0.482 e. The zero-order valence-electron chi connectivity index (χ0n) is 15.4. The quantitative estimate of drug-likeness (QED) is 0.817. The molecular formula is C19H25N3O4. The molecule has 0 radical (unpaired) electrons. The van der Waals surface area contributed by atoms with E-state index in [-0.39, 0.29) is 24.3 Å². The molecule has 0 N–H and O–H groups in total. The van der Waals surface area contributed by atoms with Crippen molar-refractivity contribution in [1.82, 2.24) is 9.80 Å². The van der Waals surface area contributed by atoms with Gasteiger partial charge in [0.25, 0.3) is 11.8 Å². The van der Waals surface area contributed by atoms with Crippen LogP contribution in [0.25, 0.3) is 0 Å². The Kier molecular flexibility index (Phi) is 5.44. The zero-order valence-corrected chi connectivity index (χ0v) is 15.4. The summed E-state index contributed by atoms with van der Waals surface area (Å²) in [6, 6.07) is 5.16. The molecule has 0 atom stereocenters. The molecule has 2 aliphatic heterocycles. The second-order valence-corrected chi connectivity index (χ2v) is 6.70. The van der Waals surface area contributed by atoms with Crippen molar-refractivity contribution >= 4 is 23.4 Å². The number of ether oxygens (including phenoxy) is 1. The summed E-state index contributed by atoms with van der Waals surface area (Å²) in [6.07, 6.45) is 2.49. The number of hydrogen-bond donors (Lipinski definition) is 0.